The molecule has 0 aliphatic heterocycles. The van der Waals surface area contributed by atoms with Gasteiger partial charge in [0.1, 0.15) is 23.0 Å². The maximum absolute atomic E-state index is 12.8. The van der Waals surface area contributed by atoms with E-state index >= 15 is 0 Å². The molecule has 0 saturated carbocycles. The molecule has 0 aliphatic rings. The molecule has 0 unspecified atom stereocenters. The summed E-state index contributed by atoms with van der Waals surface area (Å²) in [6, 6.07) is 33.7. The summed E-state index contributed by atoms with van der Waals surface area (Å²) in [4.78, 5) is 1.44. The highest BCUT2D eigenvalue weighted by Crippen LogP contribution is 2.26. The molecule has 0 aliphatic carbocycles. The van der Waals surface area contributed by atoms with Gasteiger partial charge in [-0.25, -0.2) is 4.21 Å². The zero-order valence-electron chi connectivity index (χ0n) is 15.0. The lowest BCUT2D eigenvalue weighted by Gasteiger charge is -2.08. The summed E-state index contributed by atoms with van der Waals surface area (Å²) < 4.78 is 24.4. The molecule has 0 spiro atoms. The number of para-hydroxylation sites is 2. The van der Waals surface area contributed by atoms with Crippen LogP contribution in [0, 0.1) is 0 Å². The van der Waals surface area contributed by atoms with Crippen molar-refractivity contribution in [3.05, 3.63) is 109 Å². The van der Waals surface area contributed by atoms with Crippen molar-refractivity contribution in [3.8, 4) is 23.0 Å². The van der Waals surface area contributed by atoms with Crippen LogP contribution in [-0.2, 0) is 10.8 Å². The number of hydrogen-bond acceptors (Lipinski definition) is 3. The van der Waals surface area contributed by atoms with Crippen LogP contribution >= 0.6 is 0 Å². The molecule has 4 rings (SSSR count). The molecule has 0 saturated heterocycles. The summed E-state index contributed by atoms with van der Waals surface area (Å²) in [6.45, 7) is 0. The van der Waals surface area contributed by atoms with Crippen LogP contribution in [-0.4, -0.2) is 4.21 Å². The summed E-state index contributed by atoms with van der Waals surface area (Å²) in [5.74, 6) is 2.95. The molecule has 0 heterocycles. The molecule has 138 valence electrons. The quantitative estimate of drug-likeness (QED) is 0.383. The Morgan fingerprint density at radius 2 is 0.750 bits per heavy atom. The molecule has 0 atom stereocenters. The van der Waals surface area contributed by atoms with E-state index in [9.17, 15) is 4.21 Å². The van der Waals surface area contributed by atoms with E-state index in [0.717, 1.165) is 21.3 Å². The van der Waals surface area contributed by atoms with Gasteiger partial charge in [-0.2, -0.15) is 0 Å². The van der Waals surface area contributed by atoms with Gasteiger partial charge >= 0.3 is 0 Å². The third-order valence-corrected chi connectivity index (χ3v) is 5.43. The highest BCUT2D eigenvalue weighted by molar-refractivity contribution is 7.85. The Morgan fingerprint density at radius 3 is 1.11 bits per heavy atom. The van der Waals surface area contributed by atoms with Gasteiger partial charge in [-0.3, -0.25) is 0 Å². The summed E-state index contributed by atoms with van der Waals surface area (Å²) in [5, 5.41) is 0. The van der Waals surface area contributed by atoms with Gasteiger partial charge in [-0.05, 0) is 72.8 Å². The molecule has 0 aromatic heterocycles. The van der Waals surface area contributed by atoms with Crippen molar-refractivity contribution >= 4 is 10.8 Å². The monoisotopic (exact) mass is 386 g/mol. The van der Waals surface area contributed by atoms with Crippen molar-refractivity contribution in [2.24, 2.45) is 0 Å². The number of hydrogen-bond donors (Lipinski definition) is 0. The number of benzene rings is 4. The first-order valence-electron chi connectivity index (χ1n) is 8.86. The van der Waals surface area contributed by atoms with Crippen molar-refractivity contribution in [2.45, 2.75) is 9.79 Å². The van der Waals surface area contributed by atoms with Crippen LogP contribution in [0.3, 0.4) is 0 Å². The number of rotatable bonds is 6. The summed E-state index contributed by atoms with van der Waals surface area (Å²) >= 11 is 0. The van der Waals surface area contributed by atoms with Gasteiger partial charge in [0.05, 0.1) is 10.8 Å². The zero-order valence-corrected chi connectivity index (χ0v) is 15.8. The van der Waals surface area contributed by atoms with E-state index in [4.69, 9.17) is 9.47 Å². The van der Waals surface area contributed by atoms with Crippen LogP contribution in [0.5, 0.6) is 23.0 Å². The van der Waals surface area contributed by atoms with Crippen molar-refractivity contribution in [2.75, 3.05) is 0 Å². The lowest BCUT2D eigenvalue weighted by atomic mass is 10.3. The third-order valence-electron chi connectivity index (χ3n) is 4.03. The second-order valence-electron chi connectivity index (χ2n) is 6.04. The predicted octanol–water partition coefficient (Wildman–Crippen LogP) is 6.44. The fraction of sp³-hybridized carbons (Fsp3) is 0. The summed E-state index contributed by atoms with van der Waals surface area (Å²) in [6.07, 6.45) is 0. The first-order valence-corrected chi connectivity index (χ1v) is 10.0. The lowest BCUT2D eigenvalue weighted by Crippen LogP contribution is -1.93. The van der Waals surface area contributed by atoms with Crippen LogP contribution in [0.2, 0.25) is 0 Å². The van der Waals surface area contributed by atoms with Crippen LogP contribution in [0.1, 0.15) is 0 Å². The van der Waals surface area contributed by atoms with Crippen LogP contribution in [0.15, 0.2) is 119 Å². The first-order chi connectivity index (χ1) is 13.8. The van der Waals surface area contributed by atoms with E-state index in [1.165, 1.54) is 0 Å². The zero-order chi connectivity index (χ0) is 19.2. The molecular formula is C24H18O3S. The Labute approximate surface area is 166 Å². The van der Waals surface area contributed by atoms with E-state index in [-0.39, 0.29) is 0 Å². The van der Waals surface area contributed by atoms with Gasteiger partial charge in [-0.1, -0.05) is 36.4 Å². The topological polar surface area (TPSA) is 35.5 Å². The first kappa shape index (κ1) is 18.0. The molecule has 0 bridgehead atoms. The highest BCUT2D eigenvalue weighted by Gasteiger charge is 2.08. The minimum atomic E-state index is -1.27. The molecule has 0 amide bonds. The van der Waals surface area contributed by atoms with Gasteiger partial charge in [0.25, 0.3) is 0 Å². The van der Waals surface area contributed by atoms with Crippen molar-refractivity contribution in [3.63, 3.8) is 0 Å². The Balaban J connectivity index is 1.44. The van der Waals surface area contributed by atoms with Crippen LogP contribution < -0.4 is 9.47 Å². The fourth-order valence-corrected chi connectivity index (χ4v) is 3.69. The summed E-state index contributed by atoms with van der Waals surface area (Å²) in [7, 11) is -1.27. The van der Waals surface area contributed by atoms with E-state index in [1.807, 2.05) is 109 Å². The van der Waals surface area contributed by atoms with Gasteiger partial charge in [0, 0.05) is 9.79 Å². The lowest BCUT2D eigenvalue weighted by molar-refractivity contribution is 0.482. The van der Waals surface area contributed by atoms with E-state index in [2.05, 4.69) is 0 Å². The average molecular weight is 386 g/mol. The molecule has 4 aromatic carbocycles. The maximum Gasteiger partial charge on any atom is 0.127 e. The molecule has 0 N–H and O–H groups in total. The van der Waals surface area contributed by atoms with Gasteiger partial charge in [0.2, 0.25) is 0 Å². The molecule has 4 aromatic rings. The summed E-state index contributed by atoms with van der Waals surface area (Å²) in [5.41, 5.74) is 0. The standard InChI is InChI=1S/C24H18O3S/c25-28(23-15-11-21(12-16-23)26-19-7-3-1-4-8-19)24-17-13-22(14-18-24)27-20-9-5-2-6-10-20/h1-18H. The van der Waals surface area contributed by atoms with Gasteiger partial charge in [0.15, 0.2) is 0 Å². The van der Waals surface area contributed by atoms with Gasteiger partial charge in [-0.15, -0.1) is 0 Å². The van der Waals surface area contributed by atoms with Gasteiger partial charge < -0.3 is 9.47 Å². The molecular weight excluding hydrogens is 368 g/mol. The maximum atomic E-state index is 12.8. The minimum Gasteiger partial charge on any atom is -0.457 e. The highest BCUT2D eigenvalue weighted by atomic mass is 32.2. The molecule has 0 radical (unpaired) electrons. The second-order valence-corrected chi connectivity index (χ2v) is 7.52. The SMILES string of the molecule is O=S(c1ccc(Oc2ccccc2)cc1)c1ccc(Oc2ccccc2)cc1. The van der Waals surface area contributed by atoms with Crippen molar-refractivity contribution in [1.82, 2.24) is 0 Å². The van der Waals surface area contributed by atoms with Crippen LogP contribution in [0.25, 0.3) is 0 Å². The second kappa shape index (κ2) is 8.55. The van der Waals surface area contributed by atoms with E-state index in [1.54, 1.807) is 0 Å². The third kappa shape index (κ3) is 4.48. The Bertz CT molecular complexity index is 958. The average Bonchev–Trinajstić information content (AvgIpc) is 2.76. The van der Waals surface area contributed by atoms with Crippen molar-refractivity contribution < 1.29 is 13.7 Å². The van der Waals surface area contributed by atoms with Crippen molar-refractivity contribution in [1.29, 1.82) is 0 Å². The number of ether oxygens (including phenoxy) is 2. The molecule has 3 nitrogen and oxygen atoms in total. The Kier molecular flexibility index (Phi) is 5.50. The van der Waals surface area contributed by atoms with E-state index in [0.29, 0.717) is 11.5 Å². The minimum absolute atomic E-state index is 0.707. The fourth-order valence-electron chi connectivity index (χ4n) is 2.65. The normalized spacial score (nSPS) is 10.6. The Hall–Kier alpha value is -3.37. The predicted molar refractivity (Wildman–Crippen MR) is 111 cm³/mol. The molecule has 28 heavy (non-hydrogen) atoms. The molecule has 4 heteroatoms. The molecule has 0 fully saturated rings. The van der Waals surface area contributed by atoms with Crippen LogP contribution in [0.4, 0.5) is 0 Å². The Morgan fingerprint density at radius 1 is 0.429 bits per heavy atom. The smallest absolute Gasteiger partial charge is 0.127 e. The van der Waals surface area contributed by atoms with E-state index < -0.39 is 10.8 Å². The largest absolute Gasteiger partial charge is 0.457 e.